The summed E-state index contributed by atoms with van der Waals surface area (Å²) in [4.78, 5) is 4.19. The minimum atomic E-state index is -0.337. The second kappa shape index (κ2) is 4.44. The minimum Gasteiger partial charge on any atom is -0.302 e. The van der Waals surface area contributed by atoms with Gasteiger partial charge in [-0.25, -0.2) is 9.67 Å². The second-order valence-electron chi connectivity index (χ2n) is 4.09. The summed E-state index contributed by atoms with van der Waals surface area (Å²) in [5.41, 5.74) is -0.337. The van der Waals surface area contributed by atoms with Crippen molar-refractivity contribution in [2.75, 3.05) is 7.05 Å². The third-order valence-electron chi connectivity index (χ3n) is 3.10. The van der Waals surface area contributed by atoms with Crippen LogP contribution in [-0.2, 0) is 7.05 Å². The normalized spacial score (nSPS) is 29.2. The van der Waals surface area contributed by atoms with Crippen LogP contribution in [0.3, 0.4) is 0 Å². The van der Waals surface area contributed by atoms with E-state index < -0.39 is 0 Å². The predicted octanol–water partition coefficient (Wildman–Crippen LogP) is 0.941. The summed E-state index contributed by atoms with van der Waals surface area (Å²) in [6.45, 7) is 0. The Morgan fingerprint density at radius 1 is 1.75 bits per heavy atom. The molecule has 1 saturated carbocycles. The fourth-order valence-corrected chi connectivity index (χ4v) is 3.24. The van der Waals surface area contributed by atoms with Gasteiger partial charge < -0.3 is 5.32 Å². The zero-order valence-corrected chi connectivity index (χ0v) is 10.3. The first kappa shape index (κ1) is 11.4. The molecule has 2 atom stereocenters. The molecule has 86 valence electrons. The van der Waals surface area contributed by atoms with Gasteiger partial charge in [0.1, 0.15) is 11.9 Å². The Morgan fingerprint density at radius 3 is 3.06 bits per heavy atom. The Bertz CT molecular complexity index is 410. The lowest BCUT2D eigenvalue weighted by molar-refractivity contribution is 0.464. The van der Waals surface area contributed by atoms with Crippen LogP contribution in [0.2, 0.25) is 0 Å². The predicted molar refractivity (Wildman–Crippen MR) is 61.9 cm³/mol. The SMILES string of the molecule is CNC1(C#N)CCC(Sc2ncnn2C)C1. The molecule has 0 amide bonds. The number of aromatic nitrogens is 3. The first-order valence-electron chi connectivity index (χ1n) is 5.30. The van der Waals surface area contributed by atoms with Crippen LogP contribution in [0.25, 0.3) is 0 Å². The van der Waals surface area contributed by atoms with Gasteiger partial charge in [0.25, 0.3) is 0 Å². The number of hydrogen-bond acceptors (Lipinski definition) is 5. The van der Waals surface area contributed by atoms with Crippen LogP contribution in [0.5, 0.6) is 0 Å². The molecule has 0 radical (unpaired) electrons. The molecule has 2 rings (SSSR count). The van der Waals surface area contributed by atoms with Gasteiger partial charge in [-0.1, -0.05) is 11.8 Å². The van der Waals surface area contributed by atoms with Crippen LogP contribution in [-0.4, -0.2) is 32.6 Å². The molecule has 6 heteroatoms. The van der Waals surface area contributed by atoms with E-state index in [0.717, 1.165) is 24.4 Å². The molecule has 5 nitrogen and oxygen atoms in total. The number of nitriles is 1. The van der Waals surface area contributed by atoms with E-state index >= 15 is 0 Å². The lowest BCUT2D eigenvalue weighted by Crippen LogP contribution is -2.38. The Labute approximate surface area is 99.2 Å². The summed E-state index contributed by atoms with van der Waals surface area (Å²) >= 11 is 1.72. The molecule has 16 heavy (non-hydrogen) atoms. The fraction of sp³-hybridized carbons (Fsp3) is 0.700. The molecule has 0 aliphatic heterocycles. The largest absolute Gasteiger partial charge is 0.302 e. The molecular weight excluding hydrogens is 222 g/mol. The van der Waals surface area contributed by atoms with Crippen molar-refractivity contribution in [3.05, 3.63) is 6.33 Å². The first-order chi connectivity index (χ1) is 7.69. The van der Waals surface area contributed by atoms with E-state index in [4.69, 9.17) is 5.26 Å². The standard InChI is InChI=1S/C10H15N5S/c1-12-10(6-11)4-3-8(5-10)16-9-13-7-14-15(9)2/h7-8,12H,3-5H2,1-2H3. The number of aryl methyl sites for hydroxylation is 1. The van der Waals surface area contributed by atoms with Crippen LogP contribution in [0.4, 0.5) is 0 Å². The molecule has 1 aliphatic carbocycles. The van der Waals surface area contributed by atoms with Gasteiger partial charge >= 0.3 is 0 Å². The summed E-state index contributed by atoms with van der Waals surface area (Å²) in [7, 11) is 3.75. The maximum atomic E-state index is 9.16. The van der Waals surface area contributed by atoms with Crippen molar-refractivity contribution in [1.82, 2.24) is 20.1 Å². The molecule has 1 aromatic rings. The first-order valence-corrected chi connectivity index (χ1v) is 6.18. The molecule has 1 fully saturated rings. The number of rotatable bonds is 3. The lowest BCUT2D eigenvalue weighted by Gasteiger charge is -2.19. The van der Waals surface area contributed by atoms with Gasteiger partial charge in [-0.3, -0.25) is 0 Å². The highest BCUT2D eigenvalue weighted by atomic mass is 32.2. The molecule has 0 bridgehead atoms. The maximum Gasteiger partial charge on any atom is 0.186 e. The molecule has 0 aromatic carbocycles. The van der Waals surface area contributed by atoms with Crippen LogP contribution in [0.1, 0.15) is 19.3 Å². The van der Waals surface area contributed by atoms with Gasteiger partial charge in [-0.2, -0.15) is 10.4 Å². The summed E-state index contributed by atoms with van der Waals surface area (Å²) in [5.74, 6) is 0. The Kier molecular flexibility index (Phi) is 3.17. The van der Waals surface area contributed by atoms with Gasteiger partial charge in [0.05, 0.1) is 6.07 Å². The summed E-state index contributed by atoms with van der Waals surface area (Å²) < 4.78 is 1.77. The summed E-state index contributed by atoms with van der Waals surface area (Å²) in [5, 5.41) is 17.7. The number of thioether (sulfide) groups is 1. The smallest absolute Gasteiger partial charge is 0.186 e. The second-order valence-corrected chi connectivity index (χ2v) is 5.36. The molecule has 1 aliphatic rings. The lowest BCUT2D eigenvalue weighted by atomic mass is 10.0. The van der Waals surface area contributed by atoms with E-state index in [1.54, 1.807) is 22.8 Å². The average Bonchev–Trinajstić information content (AvgIpc) is 2.88. The third-order valence-corrected chi connectivity index (χ3v) is 4.42. The molecule has 1 aromatic heterocycles. The van der Waals surface area contributed by atoms with E-state index in [2.05, 4.69) is 21.5 Å². The minimum absolute atomic E-state index is 0.337. The van der Waals surface area contributed by atoms with Crippen molar-refractivity contribution in [1.29, 1.82) is 5.26 Å². The molecular formula is C10H15N5S. The summed E-state index contributed by atoms with van der Waals surface area (Å²) in [6, 6.07) is 2.38. The Hall–Kier alpha value is -1.06. The van der Waals surface area contributed by atoms with E-state index in [0.29, 0.717) is 5.25 Å². The summed E-state index contributed by atoms with van der Waals surface area (Å²) in [6.07, 6.45) is 4.39. The highest BCUT2D eigenvalue weighted by Gasteiger charge is 2.38. The van der Waals surface area contributed by atoms with Crippen LogP contribution in [0, 0.1) is 11.3 Å². The van der Waals surface area contributed by atoms with Gasteiger partial charge in [-0.15, -0.1) is 0 Å². The Balaban J connectivity index is 2.00. The molecule has 0 saturated heterocycles. The fourth-order valence-electron chi connectivity index (χ4n) is 2.03. The van der Waals surface area contributed by atoms with Crippen molar-refractivity contribution in [3.8, 4) is 6.07 Å². The van der Waals surface area contributed by atoms with Crippen molar-refractivity contribution < 1.29 is 0 Å². The van der Waals surface area contributed by atoms with E-state index in [1.165, 1.54) is 0 Å². The number of hydrogen-bond donors (Lipinski definition) is 1. The topological polar surface area (TPSA) is 66.5 Å². The highest BCUT2D eigenvalue weighted by Crippen LogP contribution is 2.38. The molecule has 2 unspecified atom stereocenters. The van der Waals surface area contributed by atoms with Gasteiger partial charge in [-0.05, 0) is 26.3 Å². The van der Waals surface area contributed by atoms with Crippen molar-refractivity contribution in [2.45, 2.75) is 35.2 Å². The molecule has 1 heterocycles. The highest BCUT2D eigenvalue weighted by molar-refractivity contribution is 7.99. The van der Waals surface area contributed by atoms with E-state index in [-0.39, 0.29) is 5.54 Å². The zero-order valence-electron chi connectivity index (χ0n) is 9.47. The monoisotopic (exact) mass is 237 g/mol. The molecule has 0 spiro atoms. The third kappa shape index (κ3) is 2.06. The van der Waals surface area contributed by atoms with Crippen LogP contribution >= 0.6 is 11.8 Å². The number of nitrogens with zero attached hydrogens (tertiary/aromatic N) is 4. The number of nitrogens with one attached hydrogen (secondary N) is 1. The van der Waals surface area contributed by atoms with Gasteiger partial charge in [0.15, 0.2) is 5.16 Å². The van der Waals surface area contributed by atoms with Crippen molar-refractivity contribution in [3.63, 3.8) is 0 Å². The van der Waals surface area contributed by atoms with Crippen LogP contribution in [0.15, 0.2) is 11.5 Å². The zero-order chi connectivity index (χ0) is 11.6. The van der Waals surface area contributed by atoms with Gasteiger partial charge in [0, 0.05) is 12.3 Å². The average molecular weight is 237 g/mol. The van der Waals surface area contributed by atoms with Crippen molar-refractivity contribution in [2.24, 2.45) is 7.05 Å². The van der Waals surface area contributed by atoms with E-state index in [9.17, 15) is 0 Å². The van der Waals surface area contributed by atoms with E-state index in [1.807, 2.05) is 14.1 Å². The quantitative estimate of drug-likeness (QED) is 0.847. The molecule has 1 N–H and O–H groups in total. The maximum absolute atomic E-state index is 9.16. The Morgan fingerprint density at radius 2 is 2.56 bits per heavy atom. The van der Waals surface area contributed by atoms with Gasteiger partial charge in [0.2, 0.25) is 0 Å². The van der Waals surface area contributed by atoms with Crippen LogP contribution < -0.4 is 5.32 Å². The van der Waals surface area contributed by atoms with Crippen molar-refractivity contribution >= 4 is 11.8 Å².